The largest absolute Gasteiger partial charge is 0.368 e. The van der Waals surface area contributed by atoms with Gasteiger partial charge in [0.25, 0.3) is 5.91 Å². The fourth-order valence-electron chi connectivity index (χ4n) is 3.56. The summed E-state index contributed by atoms with van der Waals surface area (Å²) in [6, 6.07) is 10.1. The number of piperazine rings is 1. The summed E-state index contributed by atoms with van der Waals surface area (Å²) in [6.45, 7) is 9.59. The van der Waals surface area contributed by atoms with Crippen LogP contribution in [0.4, 0.5) is 11.5 Å². The third kappa shape index (κ3) is 5.44. The zero-order valence-electron chi connectivity index (χ0n) is 18.0. The monoisotopic (exact) mass is 396 g/mol. The molecule has 1 saturated heterocycles. The first-order chi connectivity index (χ1) is 14.0. The van der Waals surface area contributed by atoms with Crippen molar-refractivity contribution in [2.45, 2.75) is 20.3 Å². The van der Waals surface area contributed by atoms with Crippen LogP contribution >= 0.6 is 0 Å². The second-order valence-electron chi connectivity index (χ2n) is 7.88. The lowest BCUT2D eigenvalue weighted by atomic mass is 10.1. The van der Waals surface area contributed by atoms with Crippen LogP contribution in [0, 0.1) is 13.8 Å². The zero-order chi connectivity index (χ0) is 20.8. The van der Waals surface area contributed by atoms with Gasteiger partial charge < -0.3 is 20.0 Å². The highest BCUT2D eigenvalue weighted by Gasteiger charge is 2.20. The van der Waals surface area contributed by atoms with E-state index < -0.39 is 0 Å². The van der Waals surface area contributed by atoms with Gasteiger partial charge in [0.05, 0.1) is 0 Å². The topological polar surface area (TPSA) is 64.6 Å². The van der Waals surface area contributed by atoms with Crippen LogP contribution in [0.5, 0.6) is 0 Å². The lowest BCUT2D eigenvalue weighted by Crippen LogP contribution is -2.47. The third-order valence-corrected chi connectivity index (χ3v) is 5.47. The highest BCUT2D eigenvalue weighted by molar-refractivity contribution is 5.92. The first kappa shape index (κ1) is 21.0. The molecule has 2 aromatic rings. The molecular weight excluding hydrogens is 364 g/mol. The van der Waals surface area contributed by atoms with Crippen LogP contribution in [0.25, 0.3) is 0 Å². The van der Waals surface area contributed by atoms with Crippen LogP contribution in [-0.2, 0) is 0 Å². The Hall–Kier alpha value is -2.67. The quantitative estimate of drug-likeness (QED) is 0.723. The summed E-state index contributed by atoms with van der Waals surface area (Å²) in [7, 11) is 4.04. The molecule has 156 valence electrons. The van der Waals surface area contributed by atoms with E-state index in [4.69, 9.17) is 0 Å². The van der Waals surface area contributed by atoms with Gasteiger partial charge in [-0.05, 0) is 70.2 Å². The maximum atomic E-state index is 12.2. The SMILES string of the molecule is Cc1cccc(N2CCN(c3ccc(C(=O)NCCCN(C)C)nn3)CC2)c1C. The molecule has 1 aliphatic rings. The number of benzene rings is 1. The minimum Gasteiger partial charge on any atom is -0.368 e. The number of hydrogen-bond acceptors (Lipinski definition) is 6. The van der Waals surface area contributed by atoms with Crippen molar-refractivity contribution in [3.63, 3.8) is 0 Å². The lowest BCUT2D eigenvalue weighted by molar-refractivity contribution is 0.0946. The average molecular weight is 397 g/mol. The standard InChI is InChI=1S/C22H32N6O/c1-17-7-5-8-20(18(17)2)27-13-15-28(16-14-27)21-10-9-19(24-25-21)22(29)23-11-6-12-26(3)4/h5,7-10H,6,11-16H2,1-4H3,(H,23,29). The van der Waals surface area contributed by atoms with Crippen LogP contribution in [-0.4, -0.2) is 74.4 Å². The number of aromatic nitrogens is 2. The Morgan fingerprint density at radius 1 is 1.03 bits per heavy atom. The van der Waals surface area contributed by atoms with Crippen molar-refractivity contribution in [2.24, 2.45) is 0 Å². The van der Waals surface area contributed by atoms with Gasteiger partial charge in [-0.25, -0.2) is 0 Å². The van der Waals surface area contributed by atoms with Crippen LogP contribution in [0.3, 0.4) is 0 Å². The number of rotatable bonds is 7. The van der Waals surface area contributed by atoms with E-state index in [0.717, 1.165) is 45.0 Å². The number of amides is 1. The van der Waals surface area contributed by atoms with E-state index in [2.05, 4.69) is 62.3 Å². The van der Waals surface area contributed by atoms with E-state index in [1.165, 1.54) is 16.8 Å². The molecule has 0 saturated carbocycles. The number of hydrogen-bond donors (Lipinski definition) is 1. The molecule has 7 heteroatoms. The van der Waals surface area contributed by atoms with Gasteiger partial charge in [-0.2, -0.15) is 0 Å². The molecule has 1 aromatic carbocycles. The number of nitrogens with one attached hydrogen (secondary N) is 1. The molecule has 2 heterocycles. The number of nitrogens with zero attached hydrogens (tertiary/aromatic N) is 5. The Labute approximate surface area is 173 Å². The second-order valence-corrected chi connectivity index (χ2v) is 7.88. The summed E-state index contributed by atoms with van der Waals surface area (Å²) < 4.78 is 0. The second kappa shape index (κ2) is 9.69. The smallest absolute Gasteiger partial charge is 0.271 e. The third-order valence-electron chi connectivity index (χ3n) is 5.47. The first-order valence-electron chi connectivity index (χ1n) is 10.3. The van der Waals surface area contributed by atoms with Crippen LogP contribution < -0.4 is 15.1 Å². The molecule has 29 heavy (non-hydrogen) atoms. The van der Waals surface area contributed by atoms with E-state index in [-0.39, 0.29) is 5.91 Å². The van der Waals surface area contributed by atoms with Gasteiger partial charge in [-0.15, -0.1) is 10.2 Å². The van der Waals surface area contributed by atoms with E-state index >= 15 is 0 Å². The lowest BCUT2D eigenvalue weighted by Gasteiger charge is -2.37. The summed E-state index contributed by atoms with van der Waals surface area (Å²) in [5.74, 6) is 0.664. The van der Waals surface area contributed by atoms with Gasteiger partial charge in [-0.3, -0.25) is 4.79 Å². The molecule has 0 atom stereocenters. The fraction of sp³-hybridized carbons (Fsp3) is 0.500. The van der Waals surface area contributed by atoms with Crippen molar-refractivity contribution >= 4 is 17.4 Å². The van der Waals surface area contributed by atoms with Gasteiger partial charge in [0.2, 0.25) is 0 Å². The van der Waals surface area contributed by atoms with Crippen molar-refractivity contribution in [2.75, 3.05) is 63.2 Å². The predicted molar refractivity (Wildman–Crippen MR) is 118 cm³/mol. The zero-order valence-corrected chi connectivity index (χ0v) is 18.0. The maximum absolute atomic E-state index is 12.2. The van der Waals surface area contributed by atoms with Crippen molar-refractivity contribution in [1.29, 1.82) is 0 Å². The van der Waals surface area contributed by atoms with Crippen molar-refractivity contribution in [3.05, 3.63) is 47.2 Å². The summed E-state index contributed by atoms with van der Waals surface area (Å²) in [4.78, 5) is 18.9. The summed E-state index contributed by atoms with van der Waals surface area (Å²) in [5.41, 5.74) is 4.36. The Kier molecular flexibility index (Phi) is 7.04. The summed E-state index contributed by atoms with van der Waals surface area (Å²) in [6.07, 6.45) is 0.912. The molecule has 0 bridgehead atoms. The van der Waals surface area contributed by atoms with Gasteiger partial charge in [0.15, 0.2) is 11.5 Å². The number of aryl methyl sites for hydroxylation is 1. The Morgan fingerprint density at radius 3 is 2.41 bits per heavy atom. The highest BCUT2D eigenvalue weighted by Crippen LogP contribution is 2.24. The molecular formula is C22H32N6O. The molecule has 0 unspecified atom stereocenters. The molecule has 0 spiro atoms. The molecule has 1 aromatic heterocycles. The minimum atomic E-state index is -0.164. The Bertz CT molecular complexity index is 813. The van der Waals surface area contributed by atoms with Crippen molar-refractivity contribution in [1.82, 2.24) is 20.4 Å². The molecule has 0 radical (unpaired) electrons. The van der Waals surface area contributed by atoms with E-state index in [0.29, 0.717) is 12.2 Å². The number of carbonyl (C=O) groups excluding carboxylic acids is 1. The predicted octanol–water partition coefficient (Wildman–Crippen LogP) is 2.10. The Morgan fingerprint density at radius 2 is 1.76 bits per heavy atom. The minimum absolute atomic E-state index is 0.164. The van der Waals surface area contributed by atoms with Crippen molar-refractivity contribution < 1.29 is 4.79 Å². The summed E-state index contributed by atoms with van der Waals surface area (Å²) in [5, 5.41) is 11.3. The molecule has 1 aliphatic heterocycles. The maximum Gasteiger partial charge on any atom is 0.271 e. The molecule has 0 aliphatic carbocycles. The van der Waals surface area contributed by atoms with Gasteiger partial charge in [-0.1, -0.05) is 12.1 Å². The van der Waals surface area contributed by atoms with Crippen LogP contribution in [0.2, 0.25) is 0 Å². The fourth-order valence-corrected chi connectivity index (χ4v) is 3.56. The molecule has 1 fully saturated rings. The molecule has 1 N–H and O–H groups in total. The molecule has 1 amide bonds. The number of anilines is 2. The van der Waals surface area contributed by atoms with E-state index in [9.17, 15) is 4.79 Å². The van der Waals surface area contributed by atoms with Crippen LogP contribution in [0.15, 0.2) is 30.3 Å². The normalized spacial score (nSPS) is 14.4. The van der Waals surface area contributed by atoms with Gasteiger partial charge >= 0.3 is 0 Å². The first-order valence-corrected chi connectivity index (χ1v) is 10.3. The van der Waals surface area contributed by atoms with Gasteiger partial charge in [0, 0.05) is 38.4 Å². The molecule has 3 rings (SSSR count). The van der Waals surface area contributed by atoms with E-state index in [1.807, 2.05) is 20.2 Å². The van der Waals surface area contributed by atoms with E-state index in [1.54, 1.807) is 6.07 Å². The summed E-state index contributed by atoms with van der Waals surface area (Å²) >= 11 is 0. The average Bonchev–Trinajstić information content (AvgIpc) is 2.73. The molecule has 7 nitrogen and oxygen atoms in total. The van der Waals surface area contributed by atoms with Crippen molar-refractivity contribution in [3.8, 4) is 0 Å². The van der Waals surface area contributed by atoms with Crippen LogP contribution in [0.1, 0.15) is 28.0 Å². The number of carbonyl (C=O) groups is 1. The van der Waals surface area contributed by atoms with Gasteiger partial charge in [0.1, 0.15) is 0 Å². The Balaban J connectivity index is 1.52. The highest BCUT2D eigenvalue weighted by atomic mass is 16.1.